The first kappa shape index (κ1) is 68.1. The molecule has 2 saturated heterocycles. The lowest BCUT2D eigenvalue weighted by atomic mass is 9.97. The van der Waals surface area contributed by atoms with E-state index < -0.39 is 86.8 Å². The molecule has 434 valence electrons. The monoisotopic (exact) mass is 1050 g/mol. The fourth-order valence-electron chi connectivity index (χ4n) is 10.6. The minimum atomic E-state index is -1.78. The highest BCUT2D eigenvalue weighted by molar-refractivity contribution is 5.76. The summed E-state index contributed by atoms with van der Waals surface area (Å²) in [6.07, 6.45) is 33.9. The number of nitrogens with one attached hydrogen (secondary N) is 1. The Morgan fingerprint density at radius 3 is 1.16 bits per heavy atom. The van der Waals surface area contributed by atoms with Gasteiger partial charge in [-0.25, -0.2) is 0 Å². The maximum Gasteiger partial charge on any atom is 0.220 e. The van der Waals surface area contributed by atoms with E-state index >= 15 is 0 Å². The van der Waals surface area contributed by atoms with Gasteiger partial charge < -0.3 is 65.1 Å². The fraction of sp³-hybridized carbons (Fsp3) is 0.983. The summed E-state index contributed by atoms with van der Waals surface area (Å²) in [6.45, 7) is 2.90. The Morgan fingerprint density at radius 1 is 0.438 bits per heavy atom. The standard InChI is InChI=1S/C59H115NO13/c1-3-5-7-9-11-13-15-17-19-20-21-22-23-24-25-26-27-29-30-32-34-36-38-40-42-48(63)47(60-51(64)43-41-39-37-35-33-31-28-18-16-14-12-10-8-6-4-2)46-70-58-56(69)54(67)57(50(45-62)72-58)73-59-55(68)53(66)52(65)49(44-61)71-59/h47-50,52-59,61-63,65-69H,3-46H2,1-2H3,(H,60,64). The summed E-state index contributed by atoms with van der Waals surface area (Å²) < 4.78 is 22.9. The Kier molecular flexibility index (Phi) is 42.9. The molecule has 0 radical (unpaired) electrons. The third kappa shape index (κ3) is 31.9. The van der Waals surface area contributed by atoms with Gasteiger partial charge in [0.05, 0.1) is 32.0 Å². The minimum Gasteiger partial charge on any atom is -0.394 e. The van der Waals surface area contributed by atoms with Gasteiger partial charge in [0.2, 0.25) is 5.91 Å². The topological polar surface area (TPSA) is 228 Å². The molecule has 2 fully saturated rings. The van der Waals surface area contributed by atoms with Gasteiger partial charge in [0, 0.05) is 6.42 Å². The van der Waals surface area contributed by atoms with E-state index in [1.807, 2.05) is 0 Å². The van der Waals surface area contributed by atoms with Crippen LogP contribution in [0.4, 0.5) is 0 Å². The van der Waals surface area contributed by atoms with Crippen molar-refractivity contribution in [1.82, 2.24) is 5.32 Å². The highest BCUT2D eigenvalue weighted by Gasteiger charge is 2.51. The van der Waals surface area contributed by atoms with Crippen molar-refractivity contribution in [3.05, 3.63) is 0 Å². The van der Waals surface area contributed by atoms with Gasteiger partial charge in [0.25, 0.3) is 0 Å². The number of rotatable bonds is 50. The maximum absolute atomic E-state index is 13.3. The van der Waals surface area contributed by atoms with Crippen molar-refractivity contribution in [2.24, 2.45) is 0 Å². The maximum atomic E-state index is 13.3. The number of ether oxygens (including phenoxy) is 4. The number of hydrogen-bond donors (Lipinski definition) is 9. The normalized spacial score (nSPS) is 25.3. The third-order valence-electron chi connectivity index (χ3n) is 15.6. The van der Waals surface area contributed by atoms with E-state index in [4.69, 9.17) is 18.9 Å². The summed E-state index contributed by atoms with van der Waals surface area (Å²) in [5, 5.41) is 87.3. The van der Waals surface area contributed by atoms with Crippen LogP contribution in [0.5, 0.6) is 0 Å². The minimum absolute atomic E-state index is 0.201. The first-order chi connectivity index (χ1) is 35.6. The van der Waals surface area contributed by atoms with E-state index in [9.17, 15) is 45.6 Å². The van der Waals surface area contributed by atoms with Crippen molar-refractivity contribution in [3.8, 4) is 0 Å². The number of aliphatic hydroxyl groups excluding tert-OH is 8. The van der Waals surface area contributed by atoms with Crippen molar-refractivity contribution >= 4 is 5.91 Å². The van der Waals surface area contributed by atoms with Crippen LogP contribution in [0.3, 0.4) is 0 Å². The van der Waals surface area contributed by atoms with Crippen molar-refractivity contribution in [1.29, 1.82) is 0 Å². The lowest BCUT2D eigenvalue weighted by molar-refractivity contribution is -0.359. The smallest absolute Gasteiger partial charge is 0.220 e. The average Bonchev–Trinajstić information content (AvgIpc) is 3.39. The fourth-order valence-corrected chi connectivity index (χ4v) is 10.6. The molecule has 0 aliphatic carbocycles. The quantitative estimate of drug-likeness (QED) is 0.0259. The van der Waals surface area contributed by atoms with E-state index in [0.29, 0.717) is 12.8 Å². The average molecular weight is 1050 g/mol. The van der Waals surface area contributed by atoms with Crippen LogP contribution >= 0.6 is 0 Å². The number of amides is 1. The van der Waals surface area contributed by atoms with Gasteiger partial charge >= 0.3 is 0 Å². The molecule has 0 bridgehead atoms. The summed E-state index contributed by atoms with van der Waals surface area (Å²) in [7, 11) is 0. The molecule has 1 amide bonds. The first-order valence-electron chi connectivity index (χ1n) is 30.8. The Labute approximate surface area is 444 Å². The molecule has 73 heavy (non-hydrogen) atoms. The summed E-state index contributed by atoms with van der Waals surface area (Å²) in [5.74, 6) is -0.201. The molecule has 9 N–H and O–H groups in total. The predicted molar refractivity (Wildman–Crippen MR) is 291 cm³/mol. The van der Waals surface area contributed by atoms with Crippen LogP contribution in [0.15, 0.2) is 0 Å². The van der Waals surface area contributed by atoms with E-state index in [2.05, 4.69) is 19.2 Å². The van der Waals surface area contributed by atoms with Crippen LogP contribution in [0.2, 0.25) is 0 Å². The summed E-state index contributed by atoms with van der Waals surface area (Å²) in [4.78, 5) is 13.3. The van der Waals surface area contributed by atoms with E-state index in [-0.39, 0.29) is 12.5 Å². The number of carbonyl (C=O) groups excluding carboxylic acids is 1. The predicted octanol–water partition coefficient (Wildman–Crippen LogP) is 10.5. The number of hydrogen-bond acceptors (Lipinski definition) is 13. The van der Waals surface area contributed by atoms with Crippen LogP contribution in [0.1, 0.15) is 277 Å². The molecule has 0 aromatic heterocycles. The molecule has 2 heterocycles. The SMILES string of the molecule is CCCCCCCCCCCCCCCCCCCCCCCCCCC(O)C(COC1OC(CO)C(OC2OC(CO)C(O)C(O)C2O)C(O)C1O)NC(=O)CCCCCCCCCCCCCCCCC. The van der Waals surface area contributed by atoms with Crippen LogP contribution in [0, 0.1) is 0 Å². The van der Waals surface area contributed by atoms with Crippen molar-refractivity contribution in [2.45, 2.75) is 351 Å². The zero-order valence-corrected chi connectivity index (χ0v) is 46.7. The van der Waals surface area contributed by atoms with Crippen LogP contribution < -0.4 is 5.32 Å². The van der Waals surface area contributed by atoms with E-state index in [1.54, 1.807) is 0 Å². The van der Waals surface area contributed by atoms with Gasteiger partial charge in [-0.1, -0.05) is 258 Å². The molecule has 2 aliphatic heterocycles. The Balaban J connectivity index is 1.72. The molecule has 14 nitrogen and oxygen atoms in total. The van der Waals surface area contributed by atoms with E-state index in [1.165, 1.54) is 199 Å². The molecule has 0 aromatic carbocycles. The molecule has 0 saturated carbocycles. The molecular weight excluding hydrogens is 931 g/mol. The first-order valence-corrected chi connectivity index (χ1v) is 30.8. The number of unbranched alkanes of at least 4 members (excludes halogenated alkanes) is 37. The second-order valence-electron chi connectivity index (χ2n) is 22.2. The molecule has 2 rings (SSSR count). The van der Waals surface area contributed by atoms with Crippen molar-refractivity contribution in [2.75, 3.05) is 19.8 Å². The van der Waals surface area contributed by atoms with Gasteiger partial charge in [-0.2, -0.15) is 0 Å². The Morgan fingerprint density at radius 2 is 0.781 bits per heavy atom. The zero-order valence-electron chi connectivity index (χ0n) is 46.7. The van der Waals surface area contributed by atoms with Crippen LogP contribution in [-0.4, -0.2) is 140 Å². The number of carbonyl (C=O) groups is 1. The third-order valence-corrected chi connectivity index (χ3v) is 15.6. The van der Waals surface area contributed by atoms with Gasteiger partial charge in [-0.05, 0) is 12.8 Å². The second kappa shape index (κ2) is 46.0. The van der Waals surface area contributed by atoms with Gasteiger partial charge in [-0.15, -0.1) is 0 Å². The van der Waals surface area contributed by atoms with Crippen LogP contribution in [0.25, 0.3) is 0 Å². The van der Waals surface area contributed by atoms with Crippen molar-refractivity contribution < 1.29 is 64.6 Å². The molecule has 14 heteroatoms. The van der Waals surface area contributed by atoms with Crippen molar-refractivity contribution in [3.63, 3.8) is 0 Å². The summed E-state index contributed by atoms with van der Waals surface area (Å²) in [5.41, 5.74) is 0. The molecular formula is C59H115NO13. The molecule has 0 spiro atoms. The largest absolute Gasteiger partial charge is 0.394 e. The Hall–Kier alpha value is -1.01. The lowest BCUT2D eigenvalue weighted by Crippen LogP contribution is -2.65. The molecule has 0 aromatic rings. The van der Waals surface area contributed by atoms with Crippen LogP contribution in [-0.2, 0) is 23.7 Å². The summed E-state index contributed by atoms with van der Waals surface area (Å²) in [6, 6.07) is -0.822. The van der Waals surface area contributed by atoms with E-state index in [0.717, 1.165) is 51.4 Å². The highest BCUT2D eigenvalue weighted by Crippen LogP contribution is 2.30. The van der Waals surface area contributed by atoms with Gasteiger partial charge in [-0.3, -0.25) is 4.79 Å². The number of aliphatic hydroxyl groups is 8. The van der Waals surface area contributed by atoms with Gasteiger partial charge in [0.15, 0.2) is 12.6 Å². The molecule has 12 unspecified atom stereocenters. The second-order valence-corrected chi connectivity index (χ2v) is 22.2. The lowest BCUT2D eigenvalue weighted by Gasteiger charge is -2.46. The zero-order chi connectivity index (χ0) is 53.2. The van der Waals surface area contributed by atoms with Gasteiger partial charge in [0.1, 0.15) is 48.8 Å². The Bertz CT molecular complexity index is 1230. The highest BCUT2D eigenvalue weighted by atomic mass is 16.7. The summed E-state index contributed by atoms with van der Waals surface area (Å²) >= 11 is 0. The molecule has 2 aliphatic rings. The molecule has 12 atom stereocenters.